The van der Waals surface area contributed by atoms with E-state index in [2.05, 4.69) is 217 Å². The number of nitrogens with zero attached hydrogens (tertiary/aromatic N) is 1. The maximum Gasteiger partial charge on any atom is 0.143 e. The van der Waals surface area contributed by atoms with Crippen molar-refractivity contribution in [2.24, 2.45) is 0 Å². The van der Waals surface area contributed by atoms with Crippen LogP contribution in [0, 0.1) is 0 Å². The molecule has 1 aliphatic rings. The molecule has 2 heteroatoms. The van der Waals surface area contributed by atoms with Crippen LogP contribution in [0.1, 0.15) is 22.3 Å². The van der Waals surface area contributed by atoms with Gasteiger partial charge in [0, 0.05) is 33.1 Å². The Morgan fingerprint density at radius 1 is 0.356 bits per heavy atom. The normalized spacial score (nSPS) is 12.9. The molecule has 0 aliphatic heterocycles. The standard InChI is InChI=1S/C57H37NO/c1-2-16-40(17-3-1)57(52-26-11-8-20-47(52)48-21-9-12-27-53(48)57)41-31-35-43(36-32-41)58(54-37-39-15-4-5-18-44(39)46-19-6-7-22-49(46)54)42-33-29-38(30-34-42)45-24-14-25-51-50-23-10-13-28-55(50)59-56(45)51/h1-37H. The van der Waals surface area contributed by atoms with Crippen LogP contribution in [0.5, 0.6) is 0 Å². The van der Waals surface area contributed by atoms with E-state index in [4.69, 9.17) is 4.42 Å². The molecule has 1 aliphatic carbocycles. The van der Waals surface area contributed by atoms with Crippen LogP contribution >= 0.6 is 0 Å². The number of hydrogen-bond donors (Lipinski definition) is 0. The number of para-hydroxylation sites is 2. The van der Waals surface area contributed by atoms with Crippen molar-refractivity contribution in [3.8, 4) is 22.3 Å². The van der Waals surface area contributed by atoms with Gasteiger partial charge in [0.2, 0.25) is 0 Å². The topological polar surface area (TPSA) is 16.4 Å². The molecule has 0 unspecified atom stereocenters. The quantitative estimate of drug-likeness (QED) is 0.157. The zero-order valence-electron chi connectivity index (χ0n) is 32.2. The van der Waals surface area contributed by atoms with Crippen LogP contribution in [0.15, 0.2) is 229 Å². The first-order valence-electron chi connectivity index (χ1n) is 20.3. The van der Waals surface area contributed by atoms with Crippen molar-refractivity contribution in [3.05, 3.63) is 247 Å². The molecular weight excluding hydrogens is 715 g/mol. The van der Waals surface area contributed by atoms with Gasteiger partial charge in [-0.05, 0) is 91.5 Å². The van der Waals surface area contributed by atoms with E-state index < -0.39 is 5.41 Å². The van der Waals surface area contributed by atoms with Crippen molar-refractivity contribution in [2.45, 2.75) is 5.41 Å². The highest BCUT2D eigenvalue weighted by atomic mass is 16.3. The Bertz CT molecular complexity index is 3330. The summed E-state index contributed by atoms with van der Waals surface area (Å²) in [5.74, 6) is 0. The van der Waals surface area contributed by atoms with Crippen molar-refractivity contribution in [1.82, 2.24) is 0 Å². The molecule has 0 amide bonds. The molecule has 12 rings (SSSR count). The van der Waals surface area contributed by atoms with E-state index in [0.29, 0.717) is 0 Å². The minimum Gasteiger partial charge on any atom is -0.455 e. The largest absolute Gasteiger partial charge is 0.455 e. The van der Waals surface area contributed by atoms with Gasteiger partial charge in [-0.2, -0.15) is 0 Å². The molecule has 0 saturated heterocycles. The van der Waals surface area contributed by atoms with Crippen LogP contribution in [0.3, 0.4) is 0 Å². The molecule has 11 aromatic rings. The van der Waals surface area contributed by atoms with Gasteiger partial charge < -0.3 is 9.32 Å². The lowest BCUT2D eigenvalue weighted by Gasteiger charge is -2.34. The Labute approximate surface area is 342 Å². The fourth-order valence-corrected chi connectivity index (χ4v) is 9.98. The first kappa shape index (κ1) is 33.5. The van der Waals surface area contributed by atoms with E-state index in [1.54, 1.807) is 0 Å². The van der Waals surface area contributed by atoms with E-state index in [9.17, 15) is 0 Å². The highest BCUT2D eigenvalue weighted by Crippen LogP contribution is 2.56. The molecule has 10 aromatic carbocycles. The third-order valence-electron chi connectivity index (χ3n) is 12.5. The maximum absolute atomic E-state index is 6.47. The summed E-state index contributed by atoms with van der Waals surface area (Å²) in [5, 5.41) is 7.16. The van der Waals surface area contributed by atoms with E-state index in [1.165, 1.54) is 54.9 Å². The van der Waals surface area contributed by atoms with Crippen LogP contribution in [-0.4, -0.2) is 0 Å². The van der Waals surface area contributed by atoms with Crippen LogP contribution in [0.25, 0.3) is 65.7 Å². The lowest BCUT2D eigenvalue weighted by atomic mass is 9.68. The minimum atomic E-state index is -0.466. The summed E-state index contributed by atoms with van der Waals surface area (Å²) >= 11 is 0. The summed E-state index contributed by atoms with van der Waals surface area (Å²) in [6, 6.07) is 81.8. The summed E-state index contributed by atoms with van der Waals surface area (Å²) in [5.41, 5.74) is 14.6. The van der Waals surface area contributed by atoms with Gasteiger partial charge in [0.15, 0.2) is 0 Å². The Morgan fingerprint density at radius 3 is 1.61 bits per heavy atom. The SMILES string of the molecule is c1ccc(C2(c3ccc(N(c4ccc(-c5cccc6c5oc5ccccc56)cc4)c4cc5ccccc5c5ccccc45)cc3)c3ccccc3-c3ccccc32)cc1. The van der Waals surface area contributed by atoms with E-state index in [0.717, 1.165) is 50.1 Å². The van der Waals surface area contributed by atoms with Gasteiger partial charge in [-0.25, -0.2) is 0 Å². The Balaban J connectivity index is 1.06. The third-order valence-corrected chi connectivity index (χ3v) is 12.5. The Morgan fingerprint density at radius 2 is 0.881 bits per heavy atom. The number of furan rings is 1. The minimum absolute atomic E-state index is 0.466. The van der Waals surface area contributed by atoms with Crippen molar-refractivity contribution >= 4 is 60.5 Å². The lowest BCUT2D eigenvalue weighted by molar-refractivity contribution is 0.670. The van der Waals surface area contributed by atoms with Gasteiger partial charge >= 0.3 is 0 Å². The molecule has 1 aromatic heterocycles. The average Bonchev–Trinajstić information content (AvgIpc) is 3.84. The van der Waals surface area contributed by atoms with E-state index in [-0.39, 0.29) is 0 Å². The fraction of sp³-hybridized carbons (Fsp3) is 0.0175. The molecule has 0 spiro atoms. The molecular formula is C57H37NO. The average molecular weight is 752 g/mol. The van der Waals surface area contributed by atoms with Gasteiger partial charge in [0.1, 0.15) is 11.2 Å². The molecule has 1 heterocycles. The smallest absolute Gasteiger partial charge is 0.143 e. The molecule has 0 radical (unpaired) electrons. The highest BCUT2D eigenvalue weighted by molar-refractivity contribution is 6.15. The molecule has 0 N–H and O–H groups in total. The summed E-state index contributed by atoms with van der Waals surface area (Å²) in [6.07, 6.45) is 0. The second-order valence-corrected chi connectivity index (χ2v) is 15.6. The Kier molecular flexibility index (Phi) is 7.48. The van der Waals surface area contributed by atoms with Crippen LogP contribution in [0.4, 0.5) is 17.1 Å². The lowest BCUT2D eigenvalue weighted by Crippen LogP contribution is -2.28. The summed E-state index contributed by atoms with van der Waals surface area (Å²) in [4.78, 5) is 2.43. The predicted octanol–water partition coefficient (Wildman–Crippen LogP) is 15.4. The molecule has 276 valence electrons. The van der Waals surface area contributed by atoms with Gasteiger partial charge in [-0.15, -0.1) is 0 Å². The molecule has 0 atom stereocenters. The van der Waals surface area contributed by atoms with Gasteiger partial charge in [-0.3, -0.25) is 0 Å². The highest BCUT2D eigenvalue weighted by Gasteiger charge is 2.45. The zero-order valence-corrected chi connectivity index (χ0v) is 32.2. The third kappa shape index (κ3) is 5.00. The van der Waals surface area contributed by atoms with Crippen molar-refractivity contribution < 1.29 is 4.42 Å². The molecule has 2 nitrogen and oxygen atoms in total. The monoisotopic (exact) mass is 751 g/mol. The van der Waals surface area contributed by atoms with E-state index in [1.807, 2.05) is 12.1 Å². The molecule has 0 bridgehead atoms. The summed E-state index contributed by atoms with van der Waals surface area (Å²) in [7, 11) is 0. The van der Waals surface area contributed by atoms with E-state index >= 15 is 0 Å². The van der Waals surface area contributed by atoms with Gasteiger partial charge in [0.05, 0.1) is 11.1 Å². The van der Waals surface area contributed by atoms with Gasteiger partial charge in [-0.1, -0.05) is 188 Å². The first-order valence-corrected chi connectivity index (χ1v) is 20.3. The molecule has 0 saturated carbocycles. The number of rotatable bonds is 6. The number of anilines is 3. The zero-order chi connectivity index (χ0) is 38.9. The summed E-state index contributed by atoms with van der Waals surface area (Å²) in [6.45, 7) is 0. The summed E-state index contributed by atoms with van der Waals surface area (Å²) < 4.78 is 6.47. The van der Waals surface area contributed by atoms with Crippen molar-refractivity contribution in [3.63, 3.8) is 0 Å². The van der Waals surface area contributed by atoms with Crippen LogP contribution < -0.4 is 4.90 Å². The van der Waals surface area contributed by atoms with Crippen LogP contribution in [0.2, 0.25) is 0 Å². The molecule has 59 heavy (non-hydrogen) atoms. The molecule has 0 fully saturated rings. The van der Waals surface area contributed by atoms with Crippen molar-refractivity contribution in [2.75, 3.05) is 4.90 Å². The number of fused-ring (bicyclic) bond motifs is 9. The Hall–Kier alpha value is -7.68. The predicted molar refractivity (Wildman–Crippen MR) is 246 cm³/mol. The number of hydrogen-bond acceptors (Lipinski definition) is 2. The second kappa shape index (κ2) is 13.2. The maximum atomic E-state index is 6.47. The first-order chi connectivity index (χ1) is 29.3. The number of benzene rings is 10. The van der Waals surface area contributed by atoms with Gasteiger partial charge in [0.25, 0.3) is 0 Å². The second-order valence-electron chi connectivity index (χ2n) is 15.6. The van der Waals surface area contributed by atoms with Crippen LogP contribution in [-0.2, 0) is 5.41 Å². The fourth-order valence-electron chi connectivity index (χ4n) is 9.98. The van der Waals surface area contributed by atoms with Crippen molar-refractivity contribution in [1.29, 1.82) is 0 Å².